The van der Waals surface area contributed by atoms with Gasteiger partial charge < -0.3 is 53.6 Å². The molecule has 0 saturated carbocycles. The predicted octanol–water partition coefficient (Wildman–Crippen LogP) is -0.800. The molecule has 1 atom stereocenters. The third-order valence-corrected chi connectivity index (χ3v) is 14.8. The van der Waals surface area contributed by atoms with E-state index in [2.05, 4.69) is 36.3 Å². The second-order valence-corrected chi connectivity index (χ2v) is 24.0. The standard InChI is InChI=1S/C14H29NO6S2.C13H23NO6S2.C12H24O7S/c1-4-14(3)15-6-11-23(18,19)13-10-21-8-7-20-9-12-22(16,17)5-2;1-3-5-14-6-11-22(17,18)13-10-20-8-7-19-9-12-21(15,16)4-2;1-2-20(14,15)12-11-19-10-9-18-8-7-17-6-5-16-4-3-13/h5,14-15H,2,4,6-13H2,1,3H3;1,4,14H,2,5-13H2;2,13H,1,3-12H2. The molecule has 0 aromatic heterocycles. The fourth-order valence-corrected chi connectivity index (χ4v) is 7.40. The lowest BCUT2D eigenvalue weighted by molar-refractivity contribution is -0.00423. The molecule has 0 aromatic rings. The van der Waals surface area contributed by atoms with Crippen molar-refractivity contribution in [3.8, 4) is 12.3 Å². The zero-order valence-electron chi connectivity index (χ0n) is 38.1. The molecule has 65 heavy (non-hydrogen) atoms. The van der Waals surface area contributed by atoms with Crippen LogP contribution >= 0.6 is 0 Å². The molecule has 21 nitrogen and oxygen atoms in total. The zero-order valence-corrected chi connectivity index (χ0v) is 42.2. The van der Waals surface area contributed by atoms with Crippen LogP contribution in [0.2, 0.25) is 0 Å². The second kappa shape index (κ2) is 43.4. The van der Waals surface area contributed by atoms with Crippen LogP contribution in [0.15, 0.2) is 36.0 Å². The molecule has 0 rings (SSSR count). The first-order chi connectivity index (χ1) is 30.7. The van der Waals surface area contributed by atoms with Gasteiger partial charge in [-0.1, -0.05) is 32.6 Å². The molecule has 0 bridgehead atoms. The van der Waals surface area contributed by atoms with Crippen LogP contribution in [-0.2, 0) is 87.1 Å². The van der Waals surface area contributed by atoms with E-state index in [1.807, 2.05) is 13.8 Å². The lowest BCUT2D eigenvalue weighted by atomic mass is 10.3. The summed E-state index contributed by atoms with van der Waals surface area (Å²) in [4.78, 5) is 0. The summed E-state index contributed by atoms with van der Waals surface area (Å²) in [6, 6.07) is 0.309. The Balaban J connectivity index is -0.000000889. The number of terminal acetylenes is 1. The highest BCUT2D eigenvalue weighted by Gasteiger charge is 2.12. The molecule has 0 aliphatic heterocycles. The van der Waals surface area contributed by atoms with Crippen molar-refractivity contribution in [1.82, 2.24) is 10.6 Å². The highest BCUT2D eigenvalue weighted by molar-refractivity contribution is 7.94. The Bertz CT molecular complexity index is 1790. The molecule has 3 N–H and O–H groups in total. The fourth-order valence-electron chi connectivity index (χ4n) is 3.81. The zero-order chi connectivity index (χ0) is 49.8. The van der Waals surface area contributed by atoms with E-state index in [0.717, 1.165) is 22.6 Å². The third-order valence-electron chi connectivity index (χ3n) is 7.81. The van der Waals surface area contributed by atoms with Crippen molar-refractivity contribution >= 4 is 49.2 Å². The second-order valence-electron chi connectivity index (χ2n) is 13.2. The summed E-state index contributed by atoms with van der Waals surface area (Å²) in [6.45, 7) is 18.9. The predicted molar refractivity (Wildman–Crippen MR) is 252 cm³/mol. The average molecular weight is 1040 g/mol. The summed E-state index contributed by atoms with van der Waals surface area (Å²) < 4.78 is 154. The van der Waals surface area contributed by atoms with Crippen molar-refractivity contribution in [1.29, 1.82) is 0 Å². The van der Waals surface area contributed by atoms with Crippen molar-refractivity contribution in [2.45, 2.75) is 26.3 Å². The minimum atomic E-state index is -3.25. The Morgan fingerprint density at radius 3 is 1.08 bits per heavy atom. The van der Waals surface area contributed by atoms with Crippen LogP contribution in [0.1, 0.15) is 20.3 Å². The normalized spacial score (nSPS) is 12.5. The number of hydrogen-bond donors (Lipinski definition) is 3. The molecule has 0 amide bonds. The van der Waals surface area contributed by atoms with E-state index < -0.39 is 49.2 Å². The number of nitrogens with one attached hydrogen (secondary N) is 2. The lowest BCUT2D eigenvalue weighted by Gasteiger charge is -2.11. The van der Waals surface area contributed by atoms with Gasteiger partial charge in [0, 0.05) is 35.4 Å². The molecule has 0 aromatic carbocycles. The Morgan fingerprint density at radius 1 is 0.492 bits per heavy atom. The Hall–Kier alpha value is -1.91. The number of aliphatic hydroxyl groups excluding tert-OH is 1. The maximum atomic E-state index is 11.8. The molecule has 0 radical (unpaired) electrons. The fraction of sp³-hybridized carbons (Fsp3) is 0.795. The third kappa shape index (κ3) is 52.9. The SMILES string of the molecule is C#CCNCCS(=O)(=O)CCOCCOCCS(=O)(=O)C=C.C=CS(=O)(=O)CCOCCOCCOCCOCCO.C=CS(=O)(=O)CCOCCOCCS(=O)(=O)CCNC(C)CC. The molecule has 0 aliphatic carbocycles. The molecular formula is C39H76N2O19S5. The maximum absolute atomic E-state index is 11.8. The molecule has 0 saturated heterocycles. The van der Waals surface area contributed by atoms with Gasteiger partial charge in [-0.05, 0) is 13.3 Å². The Morgan fingerprint density at radius 2 is 0.785 bits per heavy atom. The summed E-state index contributed by atoms with van der Waals surface area (Å²) in [5.41, 5.74) is 0. The van der Waals surface area contributed by atoms with Gasteiger partial charge in [0.25, 0.3) is 0 Å². The van der Waals surface area contributed by atoms with Crippen LogP contribution in [0.25, 0.3) is 0 Å². The highest BCUT2D eigenvalue weighted by Crippen LogP contribution is 1.96. The van der Waals surface area contributed by atoms with Crippen molar-refractivity contribution < 1.29 is 85.1 Å². The van der Waals surface area contributed by atoms with Crippen LogP contribution in [0, 0.1) is 12.3 Å². The Labute approximate surface area is 389 Å². The molecule has 386 valence electrons. The van der Waals surface area contributed by atoms with Crippen molar-refractivity contribution in [2.75, 3.05) is 172 Å². The first kappa shape index (κ1) is 67.4. The summed E-state index contributed by atoms with van der Waals surface area (Å²) in [5.74, 6) is 2.05. The molecule has 26 heteroatoms. The molecule has 0 fully saturated rings. The number of sulfone groups is 5. The summed E-state index contributed by atoms with van der Waals surface area (Å²) >= 11 is 0. The van der Waals surface area contributed by atoms with Gasteiger partial charge >= 0.3 is 0 Å². The summed E-state index contributed by atoms with van der Waals surface area (Å²) in [7, 11) is -16.0. The minimum Gasteiger partial charge on any atom is -0.394 e. The van der Waals surface area contributed by atoms with Crippen LogP contribution in [0.5, 0.6) is 0 Å². The van der Waals surface area contributed by atoms with Gasteiger partial charge in [-0.2, -0.15) is 0 Å². The minimum absolute atomic E-state index is 0.00789. The van der Waals surface area contributed by atoms with Gasteiger partial charge in [0.15, 0.2) is 49.2 Å². The van der Waals surface area contributed by atoms with E-state index >= 15 is 0 Å². The molecule has 0 spiro atoms. The lowest BCUT2D eigenvalue weighted by Crippen LogP contribution is -2.31. The molecule has 0 aliphatic rings. The van der Waals surface area contributed by atoms with Gasteiger partial charge in [-0.15, -0.1) is 6.42 Å². The van der Waals surface area contributed by atoms with Crippen molar-refractivity contribution in [2.24, 2.45) is 0 Å². The van der Waals surface area contributed by atoms with Crippen LogP contribution in [0.4, 0.5) is 0 Å². The van der Waals surface area contributed by atoms with Gasteiger partial charge in [-0.25, -0.2) is 42.1 Å². The van der Waals surface area contributed by atoms with Crippen LogP contribution in [-0.4, -0.2) is 225 Å². The van der Waals surface area contributed by atoms with E-state index in [-0.39, 0.29) is 106 Å². The van der Waals surface area contributed by atoms with Gasteiger partial charge in [-0.3, -0.25) is 0 Å². The molecule has 1 unspecified atom stereocenters. The smallest absolute Gasteiger partial charge is 0.173 e. The topological polar surface area (TPSA) is 289 Å². The van der Waals surface area contributed by atoms with Crippen molar-refractivity contribution in [3.63, 3.8) is 0 Å². The highest BCUT2D eigenvalue weighted by atomic mass is 32.2. The average Bonchev–Trinajstić information content (AvgIpc) is 3.26. The van der Waals surface area contributed by atoms with Gasteiger partial charge in [0.1, 0.15) is 0 Å². The number of ether oxygens (including phenoxy) is 8. The first-order valence-electron chi connectivity index (χ1n) is 20.7. The van der Waals surface area contributed by atoms with E-state index in [0.29, 0.717) is 71.9 Å². The number of hydrogen-bond acceptors (Lipinski definition) is 21. The molecular weight excluding hydrogens is 961 g/mol. The van der Waals surface area contributed by atoms with E-state index in [1.54, 1.807) is 0 Å². The summed E-state index contributed by atoms with van der Waals surface area (Å²) in [6.07, 6.45) is 5.98. The first-order valence-corrected chi connectivity index (χ1v) is 29.5. The van der Waals surface area contributed by atoms with Crippen molar-refractivity contribution in [3.05, 3.63) is 36.0 Å². The van der Waals surface area contributed by atoms with E-state index in [4.69, 9.17) is 49.4 Å². The number of rotatable bonds is 44. The van der Waals surface area contributed by atoms with E-state index in [9.17, 15) is 42.1 Å². The quantitative estimate of drug-likeness (QED) is 0.0497. The monoisotopic (exact) mass is 1040 g/mol. The Kier molecular flexibility index (Phi) is 45.0. The number of aliphatic hydroxyl groups is 1. The van der Waals surface area contributed by atoms with Crippen LogP contribution < -0.4 is 10.6 Å². The van der Waals surface area contributed by atoms with Crippen LogP contribution in [0.3, 0.4) is 0 Å². The van der Waals surface area contributed by atoms with Gasteiger partial charge in [0.05, 0.1) is 159 Å². The molecule has 0 heterocycles. The van der Waals surface area contributed by atoms with E-state index in [1.165, 1.54) is 0 Å². The largest absolute Gasteiger partial charge is 0.394 e. The summed E-state index contributed by atoms with van der Waals surface area (Å²) in [5, 5.41) is 17.1. The van der Waals surface area contributed by atoms with Gasteiger partial charge in [0.2, 0.25) is 0 Å². The maximum Gasteiger partial charge on any atom is 0.173 e.